The highest BCUT2D eigenvalue weighted by atomic mass is 35.5. The Kier molecular flexibility index (Phi) is 6.08. The van der Waals surface area contributed by atoms with Gasteiger partial charge in [0, 0.05) is 12.6 Å². The molecule has 1 aromatic rings. The fraction of sp³-hybridized carbons (Fsp3) is 0.600. The van der Waals surface area contributed by atoms with Crippen LogP contribution in [0.1, 0.15) is 25.7 Å². The minimum absolute atomic E-state index is 0.131. The Labute approximate surface area is 129 Å². The third kappa shape index (κ3) is 5.02. The summed E-state index contributed by atoms with van der Waals surface area (Å²) in [6.07, 6.45) is 2.48. The van der Waals surface area contributed by atoms with Gasteiger partial charge in [0.15, 0.2) is 0 Å². The van der Waals surface area contributed by atoms with Gasteiger partial charge in [-0.3, -0.25) is 0 Å². The molecule has 1 fully saturated rings. The predicted octanol–water partition coefficient (Wildman–Crippen LogP) is 2.55. The van der Waals surface area contributed by atoms with Crippen molar-refractivity contribution < 1.29 is 14.6 Å². The van der Waals surface area contributed by atoms with Gasteiger partial charge in [-0.05, 0) is 43.9 Å². The van der Waals surface area contributed by atoms with Gasteiger partial charge in [0.2, 0.25) is 0 Å². The molecule has 0 aromatic heterocycles. The number of aliphatic hydroxyl groups is 2. The van der Waals surface area contributed by atoms with Crippen molar-refractivity contribution in [1.82, 2.24) is 0 Å². The topological polar surface area (TPSA) is 64.5 Å². The molecule has 118 valence electrons. The number of anilines is 2. The molecule has 2 rings (SSSR count). The minimum atomic E-state index is -0.674. The Morgan fingerprint density at radius 1 is 1.24 bits per heavy atom. The zero-order valence-corrected chi connectivity index (χ0v) is 12.6. The molecular formula is C15H22ClFN2O2. The number of halogens is 2. The molecule has 0 heterocycles. The Bertz CT molecular complexity index is 453. The largest absolute Gasteiger partial charge is 0.393 e. The number of hydrogen-bond acceptors (Lipinski definition) is 4. The number of rotatable bonds is 6. The van der Waals surface area contributed by atoms with Crippen LogP contribution in [0.25, 0.3) is 0 Å². The molecule has 0 aliphatic heterocycles. The third-order valence-electron chi connectivity index (χ3n) is 3.74. The first-order chi connectivity index (χ1) is 10.1. The van der Waals surface area contributed by atoms with Crippen molar-refractivity contribution in [2.75, 3.05) is 23.1 Å². The summed E-state index contributed by atoms with van der Waals surface area (Å²) in [7, 11) is 0. The fourth-order valence-electron chi connectivity index (χ4n) is 2.51. The van der Waals surface area contributed by atoms with Crippen molar-refractivity contribution in [2.24, 2.45) is 0 Å². The smallest absolute Gasteiger partial charge is 0.125 e. The van der Waals surface area contributed by atoms with Crippen LogP contribution in [0.15, 0.2) is 18.2 Å². The van der Waals surface area contributed by atoms with Gasteiger partial charge < -0.3 is 20.8 Å². The Hall–Kier alpha value is -1.04. The molecule has 6 heteroatoms. The zero-order valence-electron chi connectivity index (χ0n) is 11.9. The molecule has 0 spiro atoms. The Morgan fingerprint density at radius 3 is 2.62 bits per heavy atom. The van der Waals surface area contributed by atoms with Crippen LogP contribution in [-0.2, 0) is 0 Å². The average molecular weight is 317 g/mol. The van der Waals surface area contributed by atoms with E-state index in [4.69, 9.17) is 11.6 Å². The van der Waals surface area contributed by atoms with E-state index in [1.807, 2.05) is 0 Å². The maximum absolute atomic E-state index is 13.4. The van der Waals surface area contributed by atoms with Gasteiger partial charge in [0.25, 0.3) is 0 Å². The molecule has 1 saturated carbocycles. The van der Waals surface area contributed by atoms with Crippen molar-refractivity contribution in [1.29, 1.82) is 0 Å². The third-order valence-corrected chi connectivity index (χ3v) is 4.10. The normalized spacial score (nSPS) is 23.6. The van der Waals surface area contributed by atoms with Crippen LogP contribution in [0.4, 0.5) is 15.8 Å². The number of aliphatic hydroxyl groups excluding tert-OH is 2. The minimum Gasteiger partial charge on any atom is -0.393 e. The lowest BCUT2D eigenvalue weighted by molar-refractivity contribution is 0.126. The molecular weight excluding hydrogens is 295 g/mol. The van der Waals surface area contributed by atoms with Crippen molar-refractivity contribution in [3.05, 3.63) is 24.0 Å². The highest BCUT2D eigenvalue weighted by Crippen LogP contribution is 2.27. The molecule has 0 amide bonds. The van der Waals surface area contributed by atoms with E-state index in [0.717, 1.165) is 31.4 Å². The molecule has 1 atom stereocenters. The van der Waals surface area contributed by atoms with Gasteiger partial charge in [0.1, 0.15) is 5.82 Å². The van der Waals surface area contributed by atoms with Gasteiger partial charge >= 0.3 is 0 Å². The quantitative estimate of drug-likeness (QED) is 0.609. The van der Waals surface area contributed by atoms with Gasteiger partial charge in [-0.25, -0.2) is 4.39 Å². The van der Waals surface area contributed by atoms with E-state index in [9.17, 15) is 14.6 Å². The first-order valence-electron chi connectivity index (χ1n) is 7.30. The van der Waals surface area contributed by atoms with Crippen LogP contribution in [0, 0.1) is 5.82 Å². The number of benzene rings is 1. The van der Waals surface area contributed by atoms with Crippen LogP contribution in [0.2, 0.25) is 0 Å². The van der Waals surface area contributed by atoms with Crippen LogP contribution < -0.4 is 10.6 Å². The number of hydrogen-bond donors (Lipinski definition) is 4. The van der Waals surface area contributed by atoms with Crippen molar-refractivity contribution in [2.45, 2.75) is 43.9 Å². The predicted molar refractivity (Wildman–Crippen MR) is 83.5 cm³/mol. The summed E-state index contributed by atoms with van der Waals surface area (Å²) in [5, 5.41) is 25.4. The first kappa shape index (κ1) is 16.3. The average Bonchev–Trinajstić information content (AvgIpc) is 2.49. The van der Waals surface area contributed by atoms with E-state index in [2.05, 4.69) is 10.6 Å². The zero-order chi connectivity index (χ0) is 15.2. The van der Waals surface area contributed by atoms with Gasteiger partial charge in [-0.1, -0.05) is 0 Å². The van der Waals surface area contributed by atoms with Crippen LogP contribution in [0.5, 0.6) is 0 Å². The summed E-state index contributed by atoms with van der Waals surface area (Å²) in [6, 6.07) is 4.78. The van der Waals surface area contributed by atoms with Crippen molar-refractivity contribution in [3.63, 3.8) is 0 Å². The summed E-state index contributed by atoms with van der Waals surface area (Å²) < 4.78 is 13.4. The fourth-order valence-corrected chi connectivity index (χ4v) is 2.62. The van der Waals surface area contributed by atoms with Gasteiger partial charge in [0.05, 0.1) is 29.5 Å². The van der Waals surface area contributed by atoms with E-state index < -0.39 is 6.10 Å². The number of alkyl halides is 1. The second-order valence-electron chi connectivity index (χ2n) is 5.53. The molecule has 1 unspecified atom stereocenters. The summed E-state index contributed by atoms with van der Waals surface area (Å²) in [5.74, 6) is -0.200. The van der Waals surface area contributed by atoms with E-state index in [1.165, 1.54) is 12.1 Å². The molecule has 0 radical (unpaired) electrons. The first-order valence-corrected chi connectivity index (χ1v) is 7.84. The molecule has 1 aromatic carbocycles. The van der Waals surface area contributed by atoms with E-state index in [0.29, 0.717) is 5.69 Å². The molecule has 4 nitrogen and oxygen atoms in total. The second-order valence-corrected chi connectivity index (χ2v) is 5.84. The van der Waals surface area contributed by atoms with Crippen LogP contribution in [0.3, 0.4) is 0 Å². The van der Waals surface area contributed by atoms with Gasteiger partial charge in [-0.15, -0.1) is 11.6 Å². The molecule has 21 heavy (non-hydrogen) atoms. The van der Waals surface area contributed by atoms with E-state index >= 15 is 0 Å². The Morgan fingerprint density at radius 2 is 1.95 bits per heavy atom. The lowest BCUT2D eigenvalue weighted by Crippen LogP contribution is -2.29. The molecule has 1 aliphatic rings. The lowest BCUT2D eigenvalue weighted by Gasteiger charge is -2.28. The van der Waals surface area contributed by atoms with Crippen LogP contribution in [-0.4, -0.2) is 40.9 Å². The summed E-state index contributed by atoms with van der Waals surface area (Å²) in [6.45, 7) is 0.269. The molecule has 1 aliphatic carbocycles. The molecule has 0 saturated heterocycles. The molecule has 4 N–H and O–H groups in total. The maximum atomic E-state index is 13.4. The highest BCUT2D eigenvalue weighted by Gasteiger charge is 2.20. The Balaban J connectivity index is 2.00. The standard InChI is InChI=1S/C15H22ClFN2O2/c16-8-13(21)9-18-15-7-10(17)1-6-14(15)19-11-2-4-12(20)5-3-11/h1,6-7,11-13,18-21H,2-5,8-9H2. The second kappa shape index (κ2) is 7.82. The van der Waals surface area contributed by atoms with Crippen LogP contribution >= 0.6 is 11.6 Å². The maximum Gasteiger partial charge on any atom is 0.125 e. The summed E-state index contributed by atoms with van der Waals surface area (Å²) >= 11 is 5.56. The van der Waals surface area contributed by atoms with Crippen molar-refractivity contribution in [3.8, 4) is 0 Å². The van der Waals surface area contributed by atoms with E-state index in [-0.39, 0.29) is 30.4 Å². The number of nitrogens with one attached hydrogen (secondary N) is 2. The summed E-state index contributed by atoms with van der Waals surface area (Å²) in [5.41, 5.74) is 1.42. The molecule has 0 bridgehead atoms. The highest BCUT2D eigenvalue weighted by molar-refractivity contribution is 6.18. The van der Waals surface area contributed by atoms with E-state index in [1.54, 1.807) is 6.07 Å². The monoisotopic (exact) mass is 316 g/mol. The lowest BCUT2D eigenvalue weighted by atomic mass is 9.93. The van der Waals surface area contributed by atoms with Crippen molar-refractivity contribution >= 4 is 23.0 Å². The SMILES string of the molecule is OC1CCC(Nc2ccc(F)cc2NCC(O)CCl)CC1. The van der Waals surface area contributed by atoms with Gasteiger partial charge in [-0.2, -0.15) is 0 Å². The summed E-state index contributed by atoms with van der Waals surface area (Å²) in [4.78, 5) is 0.